The molecule has 1 unspecified atom stereocenters. The largest absolute Gasteiger partial charge is 0.325 e. The molecule has 2 aliphatic rings. The first kappa shape index (κ1) is 17.1. The van der Waals surface area contributed by atoms with Crippen molar-refractivity contribution in [2.24, 2.45) is 0 Å². The van der Waals surface area contributed by atoms with Crippen molar-refractivity contribution in [1.82, 2.24) is 19.7 Å². The Bertz CT molecular complexity index is 803. The Morgan fingerprint density at radius 1 is 1.23 bits per heavy atom. The molecule has 138 valence electrons. The van der Waals surface area contributed by atoms with Crippen LogP contribution in [0, 0.1) is 0 Å². The molecule has 6 nitrogen and oxygen atoms in total. The number of urea groups is 1. The summed E-state index contributed by atoms with van der Waals surface area (Å²) in [4.78, 5) is 19.4. The predicted octanol–water partition coefficient (Wildman–Crippen LogP) is 4.11. The van der Waals surface area contributed by atoms with Gasteiger partial charge in [0.05, 0.1) is 11.6 Å². The number of carbonyl (C=O) groups excluding carboxylic acids is 1. The maximum Gasteiger partial charge on any atom is 0.325 e. The van der Waals surface area contributed by atoms with E-state index in [1.807, 2.05) is 4.90 Å². The molecule has 1 aromatic carbocycles. The third-order valence-corrected chi connectivity index (χ3v) is 5.25. The molecule has 6 heteroatoms. The van der Waals surface area contributed by atoms with Crippen LogP contribution in [0.25, 0.3) is 0 Å². The zero-order valence-corrected chi connectivity index (χ0v) is 15.8. The standard InChI is InChI=1S/C20H27N5O/c1-20(2,3)24-13-21-18(23-24)22-19(26)25(15-11-12-15)17-10-6-8-14-7-4-5-9-16(14)17/h4-5,7,9,13,15,17H,6,8,10-12H2,1-3H3,(H,22,23,26). The first-order valence-corrected chi connectivity index (χ1v) is 9.53. The monoisotopic (exact) mass is 353 g/mol. The number of fused-ring (bicyclic) bond motifs is 1. The van der Waals surface area contributed by atoms with Crippen LogP contribution in [0.5, 0.6) is 0 Å². The molecule has 0 spiro atoms. The summed E-state index contributed by atoms with van der Waals surface area (Å²) in [6, 6.07) is 8.93. The van der Waals surface area contributed by atoms with Crippen LogP contribution in [0.3, 0.4) is 0 Å². The number of hydrogen-bond acceptors (Lipinski definition) is 3. The third-order valence-electron chi connectivity index (χ3n) is 5.25. The molecule has 0 bridgehead atoms. The van der Waals surface area contributed by atoms with Gasteiger partial charge in [-0.15, -0.1) is 5.10 Å². The van der Waals surface area contributed by atoms with Crippen LogP contribution in [-0.4, -0.2) is 31.7 Å². The molecular weight excluding hydrogens is 326 g/mol. The molecule has 1 heterocycles. The molecule has 0 saturated heterocycles. The second-order valence-electron chi connectivity index (χ2n) is 8.36. The van der Waals surface area contributed by atoms with Crippen molar-refractivity contribution in [1.29, 1.82) is 0 Å². The average Bonchev–Trinajstić information content (AvgIpc) is 3.31. The van der Waals surface area contributed by atoms with E-state index in [0.29, 0.717) is 12.0 Å². The second-order valence-corrected chi connectivity index (χ2v) is 8.36. The Balaban J connectivity index is 1.56. The van der Waals surface area contributed by atoms with E-state index in [2.05, 4.69) is 60.4 Å². The van der Waals surface area contributed by atoms with Crippen molar-refractivity contribution in [2.45, 2.75) is 70.5 Å². The first-order chi connectivity index (χ1) is 12.4. The molecule has 2 aromatic rings. The summed E-state index contributed by atoms with van der Waals surface area (Å²) in [5.74, 6) is 0.375. The number of anilines is 1. The number of benzene rings is 1. The first-order valence-electron chi connectivity index (χ1n) is 9.53. The Morgan fingerprint density at radius 2 is 2.00 bits per heavy atom. The number of amides is 2. The minimum Gasteiger partial charge on any atom is -0.314 e. The van der Waals surface area contributed by atoms with Crippen molar-refractivity contribution in [3.63, 3.8) is 0 Å². The minimum absolute atomic E-state index is 0.0825. The smallest absolute Gasteiger partial charge is 0.314 e. The third kappa shape index (κ3) is 3.32. The lowest BCUT2D eigenvalue weighted by molar-refractivity contribution is 0.174. The highest BCUT2D eigenvalue weighted by molar-refractivity contribution is 5.88. The van der Waals surface area contributed by atoms with Gasteiger partial charge in [-0.25, -0.2) is 14.5 Å². The van der Waals surface area contributed by atoms with Gasteiger partial charge >= 0.3 is 6.03 Å². The van der Waals surface area contributed by atoms with E-state index in [-0.39, 0.29) is 17.6 Å². The summed E-state index contributed by atoms with van der Waals surface area (Å²) in [6.07, 6.45) is 7.07. The molecule has 2 aliphatic carbocycles. The highest BCUT2D eigenvalue weighted by Gasteiger charge is 2.39. The quantitative estimate of drug-likeness (QED) is 0.903. The van der Waals surface area contributed by atoms with Gasteiger partial charge in [0.25, 0.3) is 0 Å². The van der Waals surface area contributed by atoms with Gasteiger partial charge in [-0.2, -0.15) is 0 Å². The van der Waals surface area contributed by atoms with Crippen LogP contribution in [0.2, 0.25) is 0 Å². The highest BCUT2D eigenvalue weighted by atomic mass is 16.2. The van der Waals surface area contributed by atoms with E-state index >= 15 is 0 Å². The fraction of sp³-hybridized carbons (Fsp3) is 0.550. The summed E-state index contributed by atoms with van der Waals surface area (Å²) in [5.41, 5.74) is 2.51. The van der Waals surface area contributed by atoms with E-state index < -0.39 is 0 Å². The lowest BCUT2D eigenvalue weighted by Gasteiger charge is -2.36. The number of aryl methyl sites for hydroxylation is 1. The van der Waals surface area contributed by atoms with Crippen molar-refractivity contribution in [3.8, 4) is 0 Å². The van der Waals surface area contributed by atoms with E-state index in [1.54, 1.807) is 11.0 Å². The maximum absolute atomic E-state index is 13.1. The van der Waals surface area contributed by atoms with Gasteiger partial charge in [0.15, 0.2) is 0 Å². The Hall–Kier alpha value is -2.37. The molecule has 1 aromatic heterocycles. The summed E-state index contributed by atoms with van der Waals surface area (Å²) in [7, 11) is 0. The molecule has 4 rings (SSSR count). The Labute approximate surface area is 154 Å². The normalized spacial score (nSPS) is 19.7. The van der Waals surface area contributed by atoms with Gasteiger partial charge in [-0.05, 0) is 64.0 Å². The molecule has 1 atom stereocenters. The molecule has 2 amide bonds. The second kappa shape index (κ2) is 6.41. The zero-order valence-electron chi connectivity index (χ0n) is 15.8. The SMILES string of the molecule is CC(C)(C)n1cnc(NC(=O)N(C2CC2)C2CCCc3ccccc32)n1. The molecule has 1 saturated carbocycles. The zero-order chi connectivity index (χ0) is 18.3. The summed E-state index contributed by atoms with van der Waals surface area (Å²) < 4.78 is 1.78. The number of hydrogen-bond donors (Lipinski definition) is 1. The number of aromatic nitrogens is 3. The van der Waals surface area contributed by atoms with Crippen LogP contribution in [-0.2, 0) is 12.0 Å². The summed E-state index contributed by atoms with van der Waals surface area (Å²) >= 11 is 0. The van der Waals surface area contributed by atoms with Crippen LogP contribution in [0.15, 0.2) is 30.6 Å². The average molecular weight is 353 g/mol. The number of rotatable bonds is 3. The molecule has 0 radical (unpaired) electrons. The van der Waals surface area contributed by atoms with E-state index in [1.165, 1.54) is 11.1 Å². The molecule has 26 heavy (non-hydrogen) atoms. The lowest BCUT2D eigenvalue weighted by Crippen LogP contribution is -2.41. The van der Waals surface area contributed by atoms with Gasteiger partial charge in [0.2, 0.25) is 5.95 Å². The van der Waals surface area contributed by atoms with Crippen molar-refractivity contribution in [2.75, 3.05) is 5.32 Å². The van der Waals surface area contributed by atoms with Gasteiger partial charge in [0, 0.05) is 6.04 Å². The number of carbonyl (C=O) groups is 1. The number of nitrogens with zero attached hydrogens (tertiary/aromatic N) is 4. The Kier molecular flexibility index (Phi) is 4.21. The molecule has 1 N–H and O–H groups in total. The van der Waals surface area contributed by atoms with Crippen molar-refractivity contribution < 1.29 is 4.79 Å². The fourth-order valence-electron chi connectivity index (χ4n) is 3.74. The minimum atomic E-state index is -0.158. The van der Waals surface area contributed by atoms with E-state index in [0.717, 1.165) is 32.1 Å². The number of nitrogens with one attached hydrogen (secondary N) is 1. The van der Waals surface area contributed by atoms with E-state index in [9.17, 15) is 4.79 Å². The Morgan fingerprint density at radius 3 is 2.69 bits per heavy atom. The molecular formula is C20H27N5O. The highest BCUT2D eigenvalue weighted by Crippen LogP contribution is 2.41. The van der Waals surface area contributed by atoms with Crippen LogP contribution >= 0.6 is 0 Å². The maximum atomic E-state index is 13.1. The van der Waals surface area contributed by atoms with Gasteiger partial charge in [0.1, 0.15) is 6.33 Å². The van der Waals surface area contributed by atoms with Crippen molar-refractivity contribution in [3.05, 3.63) is 41.7 Å². The van der Waals surface area contributed by atoms with Gasteiger partial charge < -0.3 is 4.90 Å². The van der Waals surface area contributed by atoms with Crippen molar-refractivity contribution >= 4 is 12.0 Å². The van der Waals surface area contributed by atoms with Crippen LogP contribution < -0.4 is 5.32 Å². The fourth-order valence-corrected chi connectivity index (χ4v) is 3.74. The van der Waals surface area contributed by atoms with E-state index in [4.69, 9.17) is 0 Å². The van der Waals surface area contributed by atoms with Crippen LogP contribution in [0.4, 0.5) is 10.7 Å². The lowest BCUT2D eigenvalue weighted by atomic mass is 9.87. The van der Waals surface area contributed by atoms with Crippen LogP contribution in [0.1, 0.15) is 63.6 Å². The predicted molar refractivity (Wildman–Crippen MR) is 101 cm³/mol. The van der Waals surface area contributed by atoms with Gasteiger partial charge in [-0.1, -0.05) is 24.3 Å². The summed E-state index contributed by atoms with van der Waals surface area (Å²) in [5, 5.41) is 7.35. The topological polar surface area (TPSA) is 63.1 Å². The molecule has 1 fully saturated rings. The molecule has 0 aliphatic heterocycles. The van der Waals surface area contributed by atoms with Gasteiger partial charge in [-0.3, -0.25) is 5.32 Å². The summed E-state index contributed by atoms with van der Waals surface area (Å²) in [6.45, 7) is 6.17.